The maximum atomic E-state index is 12.8. The van der Waals surface area contributed by atoms with Gasteiger partial charge in [-0.25, -0.2) is 0 Å². The SMILES string of the molecule is C=CCOCC(COc1c2ccccc2c(OCC(COCC=C)OC(=O)CCCCCCC)c2cc(CC)ccc12)OC(=O)CCCCCCC. The fourth-order valence-electron chi connectivity index (χ4n) is 6.06. The van der Waals surface area contributed by atoms with E-state index in [4.69, 9.17) is 28.4 Å². The van der Waals surface area contributed by atoms with Crippen LogP contribution in [0.1, 0.15) is 103 Å². The van der Waals surface area contributed by atoms with Crippen molar-refractivity contribution in [2.24, 2.45) is 0 Å². The summed E-state index contributed by atoms with van der Waals surface area (Å²) in [4.78, 5) is 25.7. The first-order chi connectivity index (χ1) is 25.4. The third-order valence-electron chi connectivity index (χ3n) is 8.87. The molecular formula is C44H62O8. The molecule has 0 aromatic heterocycles. The Balaban J connectivity index is 1.88. The van der Waals surface area contributed by atoms with Crippen molar-refractivity contribution in [3.8, 4) is 11.5 Å². The largest absolute Gasteiger partial charge is 0.488 e. The number of esters is 2. The third-order valence-corrected chi connectivity index (χ3v) is 8.87. The summed E-state index contributed by atoms with van der Waals surface area (Å²) in [5, 5.41) is 3.45. The molecule has 0 fully saturated rings. The molecule has 3 aromatic rings. The van der Waals surface area contributed by atoms with Crippen LogP contribution in [0.3, 0.4) is 0 Å². The van der Waals surface area contributed by atoms with Crippen molar-refractivity contribution in [1.29, 1.82) is 0 Å². The Morgan fingerprint density at radius 2 is 1.06 bits per heavy atom. The lowest BCUT2D eigenvalue weighted by Crippen LogP contribution is -2.30. The number of hydrogen-bond acceptors (Lipinski definition) is 8. The first-order valence-electron chi connectivity index (χ1n) is 19.4. The van der Waals surface area contributed by atoms with Crippen molar-refractivity contribution in [3.63, 3.8) is 0 Å². The summed E-state index contributed by atoms with van der Waals surface area (Å²) < 4.78 is 36.4. The number of carbonyl (C=O) groups is 2. The maximum Gasteiger partial charge on any atom is 0.306 e. The molecule has 0 aliphatic carbocycles. The van der Waals surface area contributed by atoms with E-state index in [9.17, 15) is 9.59 Å². The van der Waals surface area contributed by atoms with Crippen LogP contribution in [0, 0.1) is 0 Å². The van der Waals surface area contributed by atoms with Crippen LogP contribution in [0.4, 0.5) is 0 Å². The molecular weight excluding hydrogens is 656 g/mol. The van der Waals surface area contributed by atoms with Gasteiger partial charge in [0.25, 0.3) is 0 Å². The molecule has 2 unspecified atom stereocenters. The zero-order valence-electron chi connectivity index (χ0n) is 32.0. The zero-order valence-corrected chi connectivity index (χ0v) is 32.0. The van der Waals surface area contributed by atoms with Gasteiger partial charge >= 0.3 is 11.9 Å². The van der Waals surface area contributed by atoms with E-state index in [2.05, 4.69) is 52.1 Å². The number of fused-ring (bicyclic) bond motifs is 2. The molecule has 3 aromatic carbocycles. The predicted molar refractivity (Wildman–Crippen MR) is 210 cm³/mol. The highest BCUT2D eigenvalue weighted by atomic mass is 16.6. The fraction of sp³-hybridized carbons (Fsp3) is 0.545. The van der Waals surface area contributed by atoms with Gasteiger partial charge in [0.15, 0.2) is 12.2 Å². The molecule has 2 atom stereocenters. The molecule has 286 valence electrons. The Hall–Kier alpha value is -3.88. The number of rotatable bonds is 29. The Labute approximate surface area is 311 Å². The second kappa shape index (κ2) is 25.2. The fourth-order valence-corrected chi connectivity index (χ4v) is 6.06. The van der Waals surface area contributed by atoms with Crippen molar-refractivity contribution in [2.45, 2.75) is 116 Å². The van der Waals surface area contributed by atoms with Gasteiger partial charge in [-0.15, -0.1) is 13.2 Å². The van der Waals surface area contributed by atoms with Gasteiger partial charge in [0.2, 0.25) is 0 Å². The van der Waals surface area contributed by atoms with E-state index in [0.29, 0.717) is 37.6 Å². The van der Waals surface area contributed by atoms with E-state index in [-0.39, 0.29) is 38.4 Å². The number of aryl methyl sites for hydroxylation is 1. The van der Waals surface area contributed by atoms with Crippen molar-refractivity contribution in [1.82, 2.24) is 0 Å². The lowest BCUT2D eigenvalue weighted by Gasteiger charge is -2.23. The van der Waals surface area contributed by atoms with Gasteiger partial charge in [0.05, 0.1) is 26.4 Å². The topological polar surface area (TPSA) is 89.5 Å². The molecule has 52 heavy (non-hydrogen) atoms. The van der Waals surface area contributed by atoms with E-state index in [1.165, 1.54) is 12.8 Å². The van der Waals surface area contributed by atoms with Crippen LogP contribution in [0.15, 0.2) is 67.8 Å². The first-order valence-corrected chi connectivity index (χ1v) is 19.4. The number of ether oxygens (including phenoxy) is 6. The average molecular weight is 719 g/mol. The van der Waals surface area contributed by atoms with Crippen LogP contribution in [0.2, 0.25) is 0 Å². The van der Waals surface area contributed by atoms with E-state index in [1.807, 2.05) is 24.3 Å². The van der Waals surface area contributed by atoms with Gasteiger partial charge in [-0.2, -0.15) is 0 Å². The van der Waals surface area contributed by atoms with Crippen LogP contribution in [-0.4, -0.2) is 63.8 Å². The third kappa shape index (κ3) is 14.6. The second-order valence-corrected chi connectivity index (χ2v) is 13.3. The summed E-state index contributed by atoms with van der Waals surface area (Å²) in [5.74, 6) is 0.855. The Morgan fingerprint density at radius 1 is 0.596 bits per heavy atom. The van der Waals surface area contributed by atoms with Crippen LogP contribution in [-0.2, 0) is 35.0 Å². The minimum Gasteiger partial charge on any atom is -0.488 e. The average Bonchev–Trinajstić information content (AvgIpc) is 3.15. The van der Waals surface area contributed by atoms with E-state index in [1.54, 1.807) is 12.2 Å². The number of carbonyl (C=O) groups excluding carboxylic acids is 2. The maximum absolute atomic E-state index is 12.8. The molecule has 0 N–H and O–H groups in total. The number of hydrogen-bond donors (Lipinski definition) is 0. The molecule has 0 aliphatic heterocycles. The van der Waals surface area contributed by atoms with Gasteiger partial charge in [-0.3, -0.25) is 9.59 Å². The molecule has 0 radical (unpaired) electrons. The number of benzene rings is 3. The standard InChI is InChI=1S/C44H62O8/c1-6-11-13-15-17-23-41(45)51-35(30-47-27-8-3)32-49-43-37-21-19-20-22-38(37)44(40-29-34(10-5)25-26-39(40)43)50-33-36(31-48-28-9-4)52-42(46)24-18-16-14-12-7-2/h8-9,19-22,25-26,29,35-36H,3-4,6-7,10-18,23-24,27-28,30-33H2,1-2,5H3. The molecule has 0 bridgehead atoms. The Morgan fingerprint density at radius 3 is 1.52 bits per heavy atom. The zero-order chi connectivity index (χ0) is 37.4. The Bertz CT molecular complexity index is 1520. The molecule has 0 amide bonds. The van der Waals surface area contributed by atoms with Gasteiger partial charge in [0, 0.05) is 34.4 Å². The minimum atomic E-state index is -0.597. The summed E-state index contributed by atoms with van der Waals surface area (Å²) in [6.07, 6.45) is 14.2. The summed E-state index contributed by atoms with van der Waals surface area (Å²) in [7, 11) is 0. The van der Waals surface area contributed by atoms with E-state index in [0.717, 1.165) is 84.9 Å². The normalized spacial score (nSPS) is 12.4. The van der Waals surface area contributed by atoms with Crippen LogP contribution in [0.5, 0.6) is 11.5 Å². The second-order valence-electron chi connectivity index (χ2n) is 13.3. The quantitative estimate of drug-likeness (QED) is 0.0303. The van der Waals surface area contributed by atoms with Crippen molar-refractivity contribution in [2.75, 3.05) is 39.6 Å². The molecule has 0 aliphatic rings. The van der Waals surface area contributed by atoms with Crippen LogP contribution in [0.25, 0.3) is 21.5 Å². The summed E-state index contributed by atoms with van der Waals surface area (Å²) in [6, 6.07) is 14.2. The van der Waals surface area contributed by atoms with Crippen LogP contribution >= 0.6 is 0 Å². The lowest BCUT2D eigenvalue weighted by atomic mass is 9.98. The number of unbranched alkanes of at least 4 members (excludes halogenated alkanes) is 8. The molecule has 0 spiro atoms. The summed E-state index contributed by atoms with van der Waals surface area (Å²) >= 11 is 0. The van der Waals surface area contributed by atoms with Gasteiger partial charge in [-0.1, -0.05) is 121 Å². The first kappa shape index (κ1) is 42.5. The summed E-state index contributed by atoms with van der Waals surface area (Å²) in [5.41, 5.74) is 1.14. The van der Waals surface area contributed by atoms with Crippen molar-refractivity contribution < 1.29 is 38.0 Å². The van der Waals surface area contributed by atoms with Gasteiger partial charge < -0.3 is 28.4 Å². The highest BCUT2D eigenvalue weighted by Gasteiger charge is 2.22. The summed E-state index contributed by atoms with van der Waals surface area (Å²) in [6.45, 7) is 15.2. The molecule has 0 heterocycles. The smallest absolute Gasteiger partial charge is 0.306 e. The molecule has 3 rings (SSSR count). The molecule has 8 heteroatoms. The van der Waals surface area contributed by atoms with Crippen LogP contribution < -0.4 is 9.47 Å². The Kier molecular flexibility index (Phi) is 20.6. The lowest BCUT2D eigenvalue weighted by molar-refractivity contribution is -0.154. The minimum absolute atomic E-state index is 0.116. The van der Waals surface area contributed by atoms with Crippen molar-refractivity contribution in [3.05, 3.63) is 73.3 Å². The van der Waals surface area contributed by atoms with E-state index >= 15 is 0 Å². The monoisotopic (exact) mass is 718 g/mol. The van der Waals surface area contributed by atoms with Gasteiger partial charge in [0.1, 0.15) is 24.7 Å². The highest BCUT2D eigenvalue weighted by molar-refractivity contribution is 6.11. The molecule has 8 nitrogen and oxygen atoms in total. The molecule has 0 saturated carbocycles. The van der Waals surface area contributed by atoms with E-state index < -0.39 is 12.2 Å². The highest BCUT2D eigenvalue weighted by Crippen LogP contribution is 2.43. The predicted octanol–water partition coefficient (Wildman–Crippen LogP) is 10.3. The van der Waals surface area contributed by atoms with Gasteiger partial charge in [-0.05, 0) is 30.9 Å². The van der Waals surface area contributed by atoms with Crippen molar-refractivity contribution >= 4 is 33.5 Å². The molecule has 0 saturated heterocycles.